The third kappa shape index (κ3) is 3.80. The SMILES string of the molecule is NCCC1=CC(=O)C(=O)C(SCC(N)C(=O)O)=C1. The van der Waals surface area contributed by atoms with Gasteiger partial charge < -0.3 is 16.6 Å². The number of carboxylic acid groups (broad SMARTS) is 1. The van der Waals surface area contributed by atoms with Crippen LogP contribution in [0.5, 0.6) is 0 Å². The quantitative estimate of drug-likeness (QED) is 0.436. The highest BCUT2D eigenvalue weighted by Gasteiger charge is 2.24. The largest absolute Gasteiger partial charge is 0.480 e. The number of aliphatic carboxylic acids is 1. The zero-order valence-electron chi connectivity index (χ0n) is 9.59. The first-order chi connectivity index (χ1) is 8.45. The maximum absolute atomic E-state index is 11.6. The molecule has 1 unspecified atom stereocenters. The Morgan fingerprint density at radius 3 is 2.61 bits per heavy atom. The number of carboxylic acids is 1. The van der Waals surface area contributed by atoms with E-state index in [0.717, 1.165) is 11.8 Å². The van der Waals surface area contributed by atoms with Crippen LogP contribution in [0, 0.1) is 0 Å². The molecule has 98 valence electrons. The molecule has 0 heterocycles. The van der Waals surface area contributed by atoms with Gasteiger partial charge in [0, 0.05) is 5.75 Å². The van der Waals surface area contributed by atoms with Crippen LogP contribution in [0.25, 0.3) is 0 Å². The van der Waals surface area contributed by atoms with Gasteiger partial charge in [-0.05, 0) is 30.7 Å². The van der Waals surface area contributed by atoms with E-state index in [0.29, 0.717) is 18.5 Å². The Morgan fingerprint density at radius 2 is 2.06 bits per heavy atom. The van der Waals surface area contributed by atoms with Crippen molar-refractivity contribution in [2.75, 3.05) is 12.3 Å². The summed E-state index contributed by atoms with van der Waals surface area (Å²) < 4.78 is 0. The lowest BCUT2D eigenvalue weighted by Crippen LogP contribution is -2.33. The molecule has 0 spiro atoms. The van der Waals surface area contributed by atoms with Gasteiger partial charge in [0.25, 0.3) is 0 Å². The predicted octanol–water partition coefficient (Wildman–Crippen LogP) is -0.558. The van der Waals surface area contributed by atoms with E-state index in [9.17, 15) is 14.4 Å². The van der Waals surface area contributed by atoms with Crippen molar-refractivity contribution in [1.29, 1.82) is 0 Å². The number of carbonyl (C=O) groups is 3. The van der Waals surface area contributed by atoms with E-state index in [-0.39, 0.29) is 10.7 Å². The molecule has 0 saturated carbocycles. The van der Waals surface area contributed by atoms with Gasteiger partial charge in [0.15, 0.2) is 0 Å². The summed E-state index contributed by atoms with van der Waals surface area (Å²) in [6.45, 7) is 0.371. The molecular weight excluding hydrogens is 256 g/mol. The molecule has 0 radical (unpaired) electrons. The molecule has 1 rings (SSSR count). The van der Waals surface area contributed by atoms with E-state index in [2.05, 4.69) is 0 Å². The van der Waals surface area contributed by atoms with Crippen molar-refractivity contribution in [2.24, 2.45) is 11.5 Å². The molecule has 1 atom stereocenters. The summed E-state index contributed by atoms with van der Waals surface area (Å²) in [7, 11) is 0. The molecule has 0 fully saturated rings. The maximum atomic E-state index is 11.6. The second-order valence-corrected chi connectivity index (χ2v) is 4.78. The second kappa shape index (κ2) is 6.48. The predicted molar refractivity (Wildman–Crippen MR) is 67.9 cm³/mol. The first-order valence-corrected chi connectivity index (χ1v) is 6.26. The number of ketones is 2. The van der Waals surface area contributed by atoms with Crippen LogP contribution in [-0.4, -0.2) is 41.0 Å². The average Bonchev–Trinajstić information content (AvgIpc) is 2.31. The van der Waals surface area contributed by atoms with Crippen molar-refractivity contribution < 1.29 is 19.5 Å². The number of nitrogens with two attached hydrogens (primary N) is 2. The van der Waals surface area contributed by atoms with Gasteiger partial charge in [0.1, 0.15) is 6.04 Å². The van der Waals surface area contributed by atoms with Gasteiger partial charge in [0.2, 0.25) is 11.6 Å². The van der Waals surface area contributed by atoms with Crippen LogP contribution in [0.1, 0.15) is 6.42 Å². The van der Waals surface area contributed by atoms with E-state index in [1.54, 1.807) is 6.08 Å². The molecular formula is C11H14N2O4S. The maximum Gasteiger partial charge on any atom is 0.321 e. The fourth-order valence-corrected chi connectivity index (χ4v) is 2.27. The molecule has 1 aliphatic carbocycles. The standard InChI is InChI=1S/C11H14N2O4S/c12-2-1-6-3-8(14)10(15)9(4-6)18-5-7(13)11(16)17/h3-4,7H,1-2,5,12-13H2,(H,16,17). The summed E-state index contributed by atoms with van der Waals surface area (Å²) in [4.78, 5) is 33.7. The number of allylic oxidation sites excluding steroid dienone is 3. The Bertz CT molecular complexity index is 442. The molecule has 0 saturated heterocycles. The summed E-state index contributed by atoms with van der Waals surface area (Å²) >= 11 is 0.979. The lowest BCUT2D eigenvalue weighted by atomic mass is 10.0. The Labute approximate surface area is 108 Å². The molecule has 0 amide bonds. The number of hydrogen-bond acceptors (Lipinski definition) is 6. The molecule has 0 aliphatic heterocycles. The summed E-state index contributed by atoms with van der Waals surface area (Å²) in [5, 5.41) is 8.63. The zero-order valence-corrected chi connectivity index (χ0v) is 10.4. The van der Waals surface area contributed by atoms with Gasteiger partial charge in [-0.2, -0.15) is 0 Å². The fourth-order valence-electron chi connectivity index (χ4n) is 1.30. The van der Waals surface area contributed by atoms with Gasteiger partial charge >= 0.3 is 5.97 Å². The first-order valence-electron chi connectivity index (χ1n) is 5.28. The van der Waals surface area contributed by atoms with E-state index < -0.39 is 23.6 Å². The minimum Gasteiger partial charge on any atom is -0.480 e. The van der Waals surface area contributed by atoms with Crippen molar-refractivity contribution in [3.63, 3.8) is 0 Å². The molecule has 0 aromatic rings. The topological polar surface area (TPSA) is 123 Å². The molecule has 0 aromatic heterocycles. The van der Waals surface area contributed by atoms with Crippen molar-refractivity contribution in [3.8, 4) is 0 Å². The van der Waals surface area contributed by atoms with Crippen LogP contribution in [0.2, 0.25) is 0 Å². The second-order valence-electron chi connectivity index (χ2n) is 3.72. The van der Waals surface area contributed by atoms with Crippen molar-refractivity contribution in [1.82, 2.24) is 0 Å². The number of rotatable bonds is 6. The van der Waals surface area contributed by atoms with E-state index in [1.165, 1.54) is 6.08 Å². The molecule has 0 aromatic carbocycles. The van der Waals surface area contributed by atoms with Crippen LogP contribution < -0.4 is 11.5 Å². The minimum atomic E-state index is -1.14. The number of hydrogen-bond donors (Lipinski definition) is 3. The molecule has 0 bridgehead atoms. The Morgan fingerprint density at radius 1 is 1.39 bits per heavy atom. The minimum absolute atomic E-state index is 0.0378. The molecule has 7 heteroatoms. The highest BCUT2D eigenvalue weighted by molar-refractivity contribution is 8.04. The van der Waals surface area contributed by atoms with Gasteiger partial charge in [-0.3, -0.25) is 14.4 Å². The van der Waals surface area contributed by atoms with Crippen LogP contribution >= 0.6 is 11.8 Å². The van der Waals surface area contributed by atoms with Gasteiger partial charge in [-0.25, -0.2) is 0 Å². The Hall–Kier alpha value is -1.44. The van der Waals surface area contributed by atoms with Crippen molar-refractivity contribution >= 4 is 29.3 Å². The monoisotopic (exact) mass is 270 g/mol. The smallest absolute Gasteiger partial charge is 0.321 e. The lowest BCUT2D eigenvalue weighted by Gasteiger charge is -2.12. The Kier molecular flexibility index (Phi) is 5.26. The van der Waals surface area contributed by atoms with E-state index >= 15 is 0 Å². The fraction of sp³-hybridized carbons (Fsp3) is 0.364. The van der Waals surface area contributed by atoms with Gasteiger partial charge in [0.05, 0.1) is 4.91 Å². The van der Waals surface area contributed by atoms with Crippen LogP contribution in [0.15, 0.2) is 22.6 Å². The molecule has 5 N–H and O–H groups in total. The summed E-state index contributed by atoms with van der Waals surface area (Å²) in [5.41, 5.74) is 11.4. The van der Waals surface area contributed by atoms with Crippen molar-refractivity contribution in [2.45, 2.75) is 12.5 Å². The lowest BCUT2D eigenvalue weighted by molar-refractivity contribution is -0.137. The van der Waals surface area contributed by atoms with E-state index in [4.69, 9.17) is 16.6 Å². The zero-order chi connectivity index (χ0) is 13.7. The normalized spacial score (nSPS) is 17.2. The third-order valence-electron chi connectivity index (χ3n) is 2.25. The van der Waals surface area contributed by atoms with Gasteiger partial charge in [-0.15, -0.1) is 11.8 Å². The molecule has 18 heavy (non-hydrogen) atoms. The Balaban J connectivity index is 2.73. The number of Topliss-reactive ketones (excluding diaryl/α,β-unsaturated/α-hetero) is 1. The van der Waals surface area contributed by atoms with Crippen molar-refractivity contribution in [3.05, 3.63) is 22.6 Å². The highest BCUT2D eigenvalue weighted by atomic mass is 32.2. The number of thioether (sulfide) groups is 1. The first kappa shape index (κ1) is 14.6. The summed E-state index contributed by atoms with van der Waals surface area (Å²) in [6.07, 6.45) is 3.32. The third-order valence-corrected chi connectivity index (χ3v) is 3.39. The molecule has 1 aliphatic rings. The van der Waals surface area contributed by atoms with Crippen LogP contribution in [0.3, 0.4) is 0 Å². The van der Waals surface area contributed by atoms with E-state index in [1.807, 2.05) is 0 Å². The van der Waals surface area contributed by atoms with Crippen LogP contribution in [0.4, 0.5) is 0 Å². The summed E-state index contributed by atoms with van der Waals surface area (Å²) in [5.74, 6) is -2.34. The number of carbonyl (C=O) groups excluding carboxylic acids is 2. The average molecular weight is 270 g/mol. The molecule has 6 nitrogen and oxygen atoms in total. The summed E-state index contributed by atoms with van der Waals surface area (Å²) in [6, 6.07) is -1.07. The van der Waals surface area contributed by atoms with Crippen LogP contribution in [-0.2, 0) is 14.4 Å². The highest BCUT2D eigenvalue weighted by Crippen LogP contribution is 2.24. The van der Waals surface area contributed by atoms with Gasteiger partial charge in [-0.1, -0.05) is 0 Å².